The summed E-state index contributed by atoms with van der Waals surface area (Å²) in [5.74, 6) is 10.8. The number of hydrazine groups is 1. The van der Waals surface area contributed by atoms with Gasteiger partial charge in [-0.25, -0.2) is 9.82 Å². The molecule has 6 N–H and O–H groups in total. The van der Waals surface area contributed by atoms with Gasteiger partial charge in [-0.05, 0) is 67.6 Å². The molecule has 6 nitrogen and oxygen atoms in total. The SMILES string of the molecule is C=C([N+]1=S(=C)(c2ccccc2)n2c(cc3cc(Cl)c(CCN(N)/C=C\N)cc32)C1)C1(N)CC1. The predicted molar refractivity (Wildman–Crippen MR) is 139 cm³/mol. The second-order valence-corrected chi connectivity index (χ2v) is 11.9. The highest BCUT2D eigenvalue weighted by molar-refractivity contribution is 7.99. The molecule has 3 aromatic rings. The third-order valence-electron chi connectivity index (χ3n) is 6.67. The fraction of sp³-hybridized carbons (Fsp3) is 0.240. The Hall–Kier alpha value is -2.71. The van der Waals surface area contributed by atoms with E-state index in [-0.39, 0.29) is 5.54 Å². The van der Waals surface area contributed by atoms with Gasteiger partial charge in [0.25, 0.3) is 0 Å². The molecule has 0 amide bonds. The summed E-state index contributed by atoms with van der Waals surface area (Å²) in [7, 11) is -1.86. The molecular weight excluding hydrogens is 452 g/mol. The molecule has 1 aliphatic heterocycles. The summed E-state index contributed by atoms with van der Waals surface area (Å²) in [5.41, 5.74) is 16.1. The maximum absolute atomic E-state index is 6.66. The third-order valence-corrected chi connectivity index (χ3v) is 10.2. The van der Waals surface area contributed by atoms with Crippen LogP contribution < -0.4 is 17.3 Å². The molecular formula is C25H30ClN6S+. The molecule has 0 radical (unpaired) electrons. The largest absolute Gasteiger partial charge is 0.403 e. The monoisotopic (exact) mass is 481 g/mol. The first kappa shape index (κ1) is 22.1. The first-order valence-corrected chi connectivity index (χ1v) is 13.1. The van der Waals surface area contributed by atoms with Gasteiger partial charge in [-0.1, -0.05) is 29.8 Å². The van der Waals surface area contributed by atoms with Crippen molar-refractivity contribution in [1.29, 1.82) is 0 Å². The number of rotatable bonds is 7. The third kappa shape index (κ3) is 3.56. The second-order valence-electron chi connectivity index (χ2n) is 8.88. The van der Waals surface area contributed by atoms with Crippen LogP contribution in [-0.4, -0.2) is 30.9 Å². The van der Waals surface area contributed by atoms with E-state index in [0.717, 1.165) is 46.6 Å². The lowest BCUT2D eigenvalue weighted by atomic mass is 10.1. The number of hydrogen-bond acceptors (Lipinski definition) is 4. The molecule has 0 saturated heterocycles. The van der Waals surface area contributed by atoms with Crippen LogP contribution in [0.4, 0.5) is 0 Å². The molecule has 1 fully saturated rings. The Kier molecular flexibility index (Phi) is 5.33. The summed E-state index contributed by atoms with van der Waals surface area (Å²) < 4.78 is 4.75. The topological polar surface area (TPSA) is 89.2 Å². The number of aromatic nitrogens is 1. The van der Waals surface area contributed by atoms with E-state index >= 15 is 0 Å². The molecule has 2 heterocycles. The highest BCUT2D eigenvalue weighted by Crippen LogP contribution is 2.43. The molecule has 2 aliphatic rings. The van der Waals surface area contributed by atoms with Gasteiger partial charge in [0.05, 0.1) is 20.0 Å². The molecule has 5 rings (SSSR count). The average Bonchev–Trinajstić information content (AvgIpc) is 3.36. The first-order chi connectivity index (χ1) is 15.8. The van der Waals surface area contributed by atoms with Crippen molar-refractivity contribution in [2.75, 3.05) is 6.54 Å². The van der Waals surface area contributed by atoms with E-state index in [0.29, 0.717) is 13.0 Å². The van der Waals surface area contributed by atoms with Crippen LogP contribution in [0.15, 0.2) is 78.1 Å². The van der Waals surface area contributed by atoms with Crippen LogP contribution in [0.1, 0.15) is 24.1 Å². The summed E-state index contributed by atoms with van der Waals surface area (Å²) in [6, 6.07) is 16.9. The van der Waals surface area contributed by atoms with E-state index in [1.54, 1.807) is 11.2 Å². The van der Waals surface area contributed by atoms with E-state index in [9.17, 15) is 0 Å². The lowest BCUT2D eigenvalue weighted by molar-refractivity contribution is -0.470. The Morgan fingerprint density at radius 2 is 1.97 bits per heavy atom. The smallest absolute Gasteiger partial charge is 0.203 e. The van der Waals surface area contributed by atoms with Gasteiger partial charge in [0.15, 0.2) is 6.54 Å². The minimum Gasteiger partial charge on any atom is -0.403 e. The first-order valence-electron chi connectivity index (χ1n) is 11.0. The van der Waals surface area contributed by atoms with Crippen molar-refractivity contribution in [3.8, 4) is 0 Å². The predicted octanol–water partition coefficient (Wildman–Crippen LogP) is 3.57. The average molecular weight is 482 g/mol. The number of hydrogen-bond donors (Lipinski definition) is 3. The molecule has 1 atom stereocenters. The van der Waals surface area contributed by atoms with Gasteiger partial charge in [0.1, 0.15) is 11.2 Å². The molecule has 2 aromatic carbocycles. The fourth-order valence-electron chi connectivity index (χ4n) is 4.57. The minimum atomic E-state index is -1.86. The van der Waals surface area contributed by atoms with Crippen molar-refractivity contribution in [2.45, 2.75) is 36.2 Å². The molecule has 0 bridgehead atoms. The van der Waals surface area contributed by atoms with Crippen molar-refractivity contribution in [3.63, 3.8) is 0 Å². The van der Waals surface area contributed by atoms with Crippen LogP contribution >= 0.6 is 11.6 Å². The molecule has 8 heteroatoms. The Labute approximate surface area is 200 Å². The van der Waals surface area contributed by atoms with Crippen LogP contribution in [0.5, 0.6) is 0 Å². The van der Waals surface area contributed by atoms with Crippen LogP contribution in [0.3, 0.4) is 0 Å². The van der Waals surface area contributed by atoms with Gasteiger partial charge in [-0.15, -0.1) is 0 Å². The molecule has 172 valence electrons. The van der Waals surface area contributed by atoms with Crippen molar-refractivity contribution in [1.82, 2.24) is 8.98 Å². The molecule has 0 spiro atoms. The van der Waals surface area contributed by atoms with E-state index in [4.69, 9.17) is 34.8 Å². The number of benzene rings is 2. The highest BCUT2D eigenvalue weighted by Gasteiger charge is 2.50. The zero-order chi connectivity index (χ0) is 23.4. The Balaban J connectivity index is 1.70. The van der Waals surface area contributed by atoms with Crippen molar-refractivity contribution >= 4 is 38.0 Å². The van der Waals surface area contributed by atoms with Crippen LogP contribution in [-0.2, 0) is 22.6 Å². The summed E-state index contributed by atoms with van der Waals surface area (Å²) in [6.45, 7) is 5.77. The standard InChI is InChI=1S/C25H30ClN6S/c1-18(25(28)9-10-25)31-17-21-14-20-15-23(26)19(8-12-30(29)13-11-27)16-24(20)32(21)33(31,2)22-6-4-3-5-7-22/h3-7,11,13-16H,1-2,8-10,12,17,27-29H2/q+1/b13-11-. The van der Waals surface area contributed by atoms with Crippen LogP contribution in [0.25, 0.3) is 10.9 Å². The summed E-state index contributed by atoms with van der Waals surface area (Å²) in [5, 5.41) is 3.41. The van der Waals surface area contributed by atoms with Crippen molar-refractivity contribution in [3.05, 3.63) is 89.5 Å². The fourth-order valence-corrected chi connectivity index (χ4v) is 7.97. The normalized spacial score (nSPS) is 21.0. The Morgan fingerprint density at radius 1 is 1.24 bits per heavy atom. The lowest BCUT2D eigenvalue weighted by Gasteiger charge is -2.18. The molecule has 1 aromatic heterocycles. The quantitative estimate of drug-likeness (QED) is 0.208. The van der Waals surface area contributed by atoms with E-state index in [1.807, 2.05) is 12.1 Å². The summed E-state index contributed by atoms with van der Waals surface area (Å²) >= 11 is 6.66. The van der Waals surface area contributed by atoms with Gasteiger partial charge >= 0.3 is 0 Å². The molecule has 33 heavy (non-hydrogen) atoms. The lowest BCUT2D eigenvalue weighted by Crippen LogP contribution is -2.32. The molecule has 1 saturated carbocycles. The highest BCUT2D eigenvalue weighted by atomic mass is 35.5. The van der Waals surface area contributed by atoms with E-state index in [1.165, 1.54) is 16.8 Å². The van der Waals surface area contributed by atoms with E-state index < -0.39 is 9.60 Å². The van der Waals surface area contributed by atoms with Gasteiger partial charge in [0, 0.05) is 29.4 Å². The van der Waals surface area contributed by atoms with Crippen LogP contribution in [0.2, 0.25) is 5.02 Å². The molecule has 1 aliphatic carbocycles. The number of fused-ring (bicyclic) bond motifs is 3. The van der Waals surface area contributed by atoms with Gasteiger partial charge < -0.3 is 16.5 Å². The Bertz CT molecular complexity index is 1410. The maximum atomic E-state index is 6.66. The molecule has 1 unspecified atom stereocenters. The maximum Gasteiger partial charge on any atom is 0.203 e. The zero-order valence-corrected chi connectivity index (χ0v) is 20.2. The number of nitrogens with zero attached hydrogens (tertiary/aromatic N) is 3. The Morgan fingerprint density at radius 3 is 2.64 bits per heavy atom. The zero-order valence-electron chi connectivity index (χ0n) is 18.6. The van der Waals surface area contributed by atoms with E-state index in [2.05, 4.69) is 50.9 Å². The van der Waals surface area contributed by atoms with Crippen LogP contribution in [0, 0.1) is 0 Å². The van der Waals surface area contributed by atoms with Crippen molar-refractivity contribution in [2.24, 2.45) is 17.3 Å². The summed E-state index contributed by atoms with van der Waals surface area (Å²) in [6.07, 6.45) is 5.70. The van der Waals surface area contributed by atoms with Gasteiger partial charge in [-0.2, -0.15) is 3.95 Å². The van der Waals surface area contributed by atoms with Crippen molar-refractivity contribution < 1.29 is 3.95 Å². The number of halogens is 1. The second kappa shape index (κ2) is 7.95. The number of nitrogens with two attached hydrogens (primary N) is 3. The van der Waals surface area contributed by atoms with Gasteiger partial charge in [-0.3, -0.25) is 0 Å². The summed E-state index contributed by atoms with van der Waals surface area (Å²) in [4.78, 5) is 1.17. The van der Waals surface area contributed by atoms with Gasteiger partial charge in [0.2, 0.25) is 5.70 Å². The minimum absolute atomic E-state index is 0.319.